The lowest BCUT2D eigenvalue weighted by molar-refractivity contribution is -0.137. The summed E-state index contributed by atoms with van der Waals surface area (Å²) in [7, 11) is 0. The van der Waals surface area contributed by atoms with Crippen LogP contribution in [0.4, 0.5) is 0 Å². The Bertz CT molecular complexity index is 306. The number of rotatable bonds is 5. The van der Waals surface area contributed by atoms with Gasteiger partial charge in [0.25, 0.3) is 0 Å². The topological polar surface area (TPSA) is 53.0 Å². The molecular weight excluding hydrogens is 256 g/mol. The molecule has 5 heteroatoms. The van der Waals surface area contributed by atoms with Gasteiger partial charge in [0, 0.05) is 26.2 Å². The zero-order valence-corrected chi connectivity index (χ0v) is 12.8. The number of likely N-dealkylation sites (tertiary alicyclic amines) is 1. The average molecular weight is 284 g/mol. The van der Waals surface area contributed by atoms with Crippen molar-refractivity contribution in [3.8, 4) is 0 Å². The minimum absolute atomic E-state index is 0.267. The number of piperidine rings is 1. The van der Waals surface area contributed by atoms with E-state index in [1.165, 1.54) is 19.4 Å². The summed E-state index contributed by atoms with van der Waals surface area (Å²) >= 11 is 0. The smallest absolute Gasteiger partial charge is 0.304 e. The van der Waals surface area contributed by atoms with Crippen LogP contribution in [0.3, 0.4) is 0 Å². The molecule has 2 aliphatic heterocycles. The first-order chi connectivity index (χ1) is 9.52. The summed E-state index contributed by atoms with van der Waals surface area (Å²) in [4.78, 5) is 15.4. The molecule has 2 aliphatic rings. The number of carboxylic acids is 1. The number of carbonyl (C=O) groups is 1. The van der Waals surface area contributed by atoms with E-state index in [1.54, 1.807) is 0 Å². The molecule has 0 aromatic heterocycles. The predicted molar refractivity (Wildman–Crippen MR) is 77.9 cm³/mol. The van der Waals surface area contributed by atoms with E-state index in [0.29, 0.717) is 18.8 Å². The minimum Gasteiger partial charge on any atom is -0.481 e. The van der Waals surface area contributed by atoms with Crippen LogP contribution in [0, 0.1) is 5.92 Å². The standard InChI is InChI=1S/C15H28N2O3/c1-12-9-17(10-13(2)20-12)11-14-3-6-16(7-4-14)8-5-15(18)19/h12-14H,3-11H2,1-2H3,(H,18,19)/t12-,13-/m1/s1. The molecule has 0 aromatic rings. The largest absolute Gasteiger partial charge is 0.481 e. The Labute approximate surface area is 121 Å². The Hall–Kier alpha value is -0.650. The summed E-state index contributed by atoms with van der Waals surface area (Å²) in [5, 5.41) is 8.72. The molecule has 0 unspecified atom stereocenters. The summed E-state index contributed by atoms with van der Waals surface area (Å²) in [5.41, 5.74) is 0. The first kappa shape index (κ1) is 15.7. The van der Waals surface area contributed by atoms with Gasteiger partial charge in [-0.1, -0.05) is 0 Å². The van der Waals surface area contributed by atoms with Crippen molar-refractivity contribution in [2.75, 3.05) is 39.3 Å². The highest BCUT2D eigenvalue weighted by atomic mass is 16.5. The van der Waals surface area contributed by atoms with Crippen molar-refractivity contribution in [1.82, 2.24) is 9.80 Å². The molecule has 2 atom stereocenters. The van der Waals surface area contributed by atoms with Crippen LogP contribution in [-0.2, 0) is 9.53 Å². The molecule has 0 aliphatic carbocycles. The molecular formula is C15H28N2O3. The summed E-state index contributed by atoms with van der Waals surface area (Å²) in [5.74, 6) is 0.0667. The lowest BCUT2D eigenvalue weighted by atomic mass is 9.95. The first-order valence-corrected chi connectivity index (χ1v) is 7.85. The molecule has 0 saturated carbocycles. The van der Waals surface area contributed by atoms with Crippen molar-refractivity contribution in [2.24, 2.45) is 5.92 Å². The number of aliphatic carboxylic acids is 1. The van der Waals surface area contributed by atoms with E-state index in [0.717, 1.165) is 32.1 Å². The number of carboxylic acid groups (broad SMARTS) is 1. The van der Waals surface area contributed by atoms with E-state index in [2.05, 4.69) is 23.6 Å². The Morgan fingerprint density at radius 3 is 2.30 bits per heavy atom. The van der Waals surface area contributed by atoms with Crippen LogP contribution < -0.4 is 0 Å². The van der Waals surface area contributed by atoms with Gasteiger partial charge in [-0.15, -0.1) is 0 Å². The maximum absolute atomic E-state index is 10.6. The van der Waals surface area contributed by atoms with Crippen LogP contribution in [0.25, 0.3) is 0 Å². The van der Waals surface area contributed by atoms with Crippen molar-refractivity contribution >= 4 is 5.97 Å². The zero-order chi connectivity index (χ0) is 14.5. The number of morpholine rings is 1. The van der Waals surface area contributed by atoms with Gasteiger partial charge in [0.05, 0.1) is 18.6 Å². The number of hydrogen-bond donors (Lipinski definition) is 1. The second-order valence-electron chi connectivity index (χ2n) is 6.40. The fourth-order valence-electron chi connectivity index (χ4n) is 3.44. The fourth-order valence-corrected chi connectivity index (χ4v) is 3.44. The van der Waals surface area contributed by atoms with Gasteiger partial charge in [0.15, 0.2) is 0 Å². The normalized spacial score (nSPS) is 30.5. The van der Waals surface area contributed by atoms with Crippen LogP contribution in [0.2, 0.25) is 0 Å². The number of ether oxygens (including phenoxy) is 1. The van der Waals surface area contributed by atoms with Gasteiger partial charge in [0.2, 0.25) is 0 Å². The molecule has 116 valence electrons. The molecule has 0 bridgehead atoms. The Morgan fingerprint density at radius 2 is 1.75 bits per heavy atom. The predicted octanol–water partition coefficient (Wildman–Crippen LogP) is 1.28. The molecule has 5 nitrogen and oxygen atoms in total. The van der Waals surface area contributed by atoms with Gasteiger partial charge >= 0.3 is 5.97 Å². The van der Waals surface area contributed by atoms with Gasteiger partial charge in [-0.3, -0.25) is 9.69 Å². The molecule has 0 radical (unpaired) electrons. The van der Waals surface area contributed by atoms with Crippen LogP contribution in [0.5, 0.6) is 0 Å². The van der Waals surface area contributed by atoms with Crippen LogP contribution in [-0.4, -0.2) is 72.4 Å². The molecule has 2 rings (SSSR count). The van der Waals surface area contributed by atoms with E-state index in [-0.39, 0.29) is 6.42 Å². The van der Waals surface area contributed by atoms with Crippen molar-refractivity contribution in [3.63, 3.8) is 0 Å². The maximum Gasteiger partial charge on any atom is 0.304 e. The van der Waals surface area contributed by atoms with Crippen LogP contribution in [0.15, 0.2) is 0 Å². The molecule has 1 N–H and O–H groups in total. The van der Waals surface area contributed by atoms with Gasteiger partial charge in [-0.05, 0) is 45.7 Å². The highest BCUT2D eigenvalue weighted by molar-refractivity contribution is 5.66. The van der Waals surface area contributed by atoms with Crippen LogP contribution in [0.1, 0.15) is 33.1 Å². The SMILES string of the molecule is C[C@@H]1CN(CC2CCN(CCC(=O)O)CC2)C[C@@H](C)O1. The molecule has 20 heavy (non-hydrogen) atoms. The van der Waals surface area contributed by atoms with E-state index < -0.39 is 5.97 Å². The monoisotopic (exact) mass is 284 g/mol. The van der Waals surface area contributed by atoms with E-state index >= 15 is 0 Å². The maximum atomic E-state index is 10.6. The van der Waals surface area contributed by atoms with E-state index in [9.17, 15) is 4.79 Å². The molecule has 2 heterocycles. The van der Waals surface area contributed by atoms with Crippen molar-refractivity contribution in [2.45, 2.75) is 45.3 Å². The zero-order valence-electron chi connectivity index (χ0n) is 12.8. The Morgan fingerprint density at radius 1 is 1.15 bits per heavy atom. The van der Waals surface area contributed by atoms with E-state index in [1.807, 2.05) is 0 Å². The highest BCUT2D eigenvalue weighted by Crippen LogP contribution is 2.20. The second kappa shape index (κ2) is 7.38. The second-order valence-corrected chi connectivity index (χ2v) is 6.40. The van der Waals surface area contributed by atoms with E-state index in [4.69, 9.17) is 9.84 Å². The van der Waals surface area contributed by atoms with Crippen molar-refractivity contribution in [3.05, 3.63) is 0 Å². The third-order valence-electron chi connectivity index (χ3n) is 4.36. The summed E-state index contributed by atoms with van der Waals surface area (Å²) < 4.78 is 5.77. The quantitative estimate of drug-likeness (QED) is 0.824. The van der Waals surface area contributed by atoms with Gasteiger partial charge < -0.3 is 14.7 Å². The molecule has 0 amide bonds. The third kappa shape index (κ3) is 5.04. The first-order valence-electron chi connectivity index (χ1n) is 7.85. The molecule has 2 saturated heterocycles. The highest BCUT2D eigenvalue weighted by Gasteiger charge is 2.26. The lowest BCUT2D eigenvalue weighted by Crippen LogP contribution is -2.48. The number of nitrogens with zero attached hydrogens (tertiary/aromatic N) is 2. The summed E-state index contributed by atoms with van der Waals surface area (Å²) in [6, 6.07) is 0. The lowest BCUT2D eigenvalue weighted by Gasteiger charge is -2.39. The van der Waals surface area contributed by atoms with Gasteiger partial charge in [-0.2, -0.15) is 0 Å². The summed E-state index contributed by atoms with van der Waals surface area (Å²) in [6.07, 6.45) is 3.34. The number of hydrogen-bond acceptors (Lipinski definition) is 4. The van der Waals surface area contributed by atoms with Gasteiger partial charge in [0.1, 0.15) is 0 Å². The average Bonchev–Trinajstić information content (AvgIpc) is 2.36. The molecule has 0 aromatic carbocycles. The summed E-state index contributed by atoms with van der Waals surface area (Å²) in [6.45, 7) is 10.4. The third-order valence-corrected chi connectivity index (χ3v) is 4.36. The molecule has 2 fully saturated rings. The Kier molecular flexibility index (Phi) is 5.81. The minimum atomic E-state index is -0.691. The fraction of sp³-hybridized carbons (Fsp3) is 0.933. The van der Waals surface area contributed by atoms with Crippen LogP contribution >= 0.6 is 0 Å². The van der Waals surface area contributed by atoms with Crippen molar-refractivity contribution < 1.29 is 14.6 Å². The Balaban J connectivity index is 1.67. The van der Waals surface area contributed by atoms with Crippen molar-refractivity contribution in [1.29, 1.82) is 0 Å². The molecule has 0 spiro atoms. The van der Waals surface area contributed by atoms with Gasteiger partial charge in [-0.25, -0.2) is 0 Å².